The Morgan fingerprint density at radius 2 is 2.36 bits per heavy atom. The summed E-state index contributed by atoms with van der Waals surface area (Å²) in [5, 5.41) is 0. The zero-order valence-corrected chi connectivity index (χ0v) is 6.75. The van der Waals surface area contributed by atoms with E-state index < -0.39 is 5.91 Å². The molecule has 4 heteroatoms. The van der Waals surface area contributed by atoms with Crippen molar-refractivity contribution in [1.82, 2.24) is 4.90 Å². The van der Waals surface area contributed by atoms with E-state index in [-0.39, 0.29) is 6.61 Å². The minimum atomic E-state index is -0.391. The highest BCUT2D eigenvalue weighted by Crippen LogP contribution is 2.12. The Labute approximate surface area is 66.3 Å². The van der Waals surface area contributed by atoms with E-state index in [4.69, 9.17) is 10.5 Å². The molecule has 0 radical (unpaired) electrons. The molecule has 0 aromatic carbocycles. The average Bonchev–Trinajstić information content (AvgIpc) is 1.83. The lowest BCUT2D eigenvalue weighted by molar-refractivity contribution is -0.123. The van der Waals surface area contributed by atoms with E-state index in [0.717, 1.165) is 13.1 Å². The van der Waals surface area contributed by atoms with Gasteiger partial charge in [-0.15, -0.1) is 0 Å². The zero-order valence-electron chi connectivity index (χ0n) is 6.75. The first-order valence-electron chi connectivity index (χ1n) is 3.73. The first-order chi connectivity index (χ1) is 5.18. The molecule has 0 unspecified atom stereocenters. The summed E-state index contributed by atoms with van der Waals surface area (Å²) in [5.74, 6) is 0.206. The largest absolute Gasteiger partial charge is 0.371 e. The van der Waals surface area contributed by atoms with E-state index in [1.54, 1.807) is 0 Å². The number of ether oxygens (including phenoxy) is 1. The number of hydrogen-bond acceptors (Lipinski definition) is 3. The van der Waals surface area contributed by atoms with Crippen molar-refractivity contribution in [2.75, 3.05) is 33.4 Å². The maximum Gasteiger partial charge on any atom is 0.243 e. The smallest absolute Gasteiger partial charge is 0.243 e. The minimum Gasteiger partial charge on any atom is -0.371 e. The molecule has 1 fully saturated rings. The summed E-state index contributed by atoms with van der Waals surface area (Å²) in [6, 6.07) is 0. The van der Waals surface area contributed by atoms with Crippen LogP contribution in [0.25, 0.3) is 0 Å². The first kappa shape index (κ1) is 8.49. The van der Waals surface area contributed by atoms with Crippen molar-refractivity contribution >= 4 is 5.91 Å². The predicted molar refractivity (Wildman–Crippen MR) is 41.0 cm³/mol. The van der Waals surface area contributed by atoms with Gasteiger partial charge in [-0.05, 0) is 7.05 Å². The molecule has 0 bridgehead atoms. The maximum absolute atomic E-state index is 10.2. The lowest BCUT2D eigenvalue weighted by atomic mass is 10.0. The molecule has 0 saturated carbocycles. The van der Waals surface area contributed by atoms with Crippen molar-refractivity contribution in [2.24, 2.45) is 11.7 Å². The highest BCUT2D eigenvalue weighted by Gasteiger charge is 2.22. The van der Waals surface area contributed by atoms with Crippen molar-refractivity contribution in [1.29, 1.82) is 0 Å². The van der Waals surface area contributed by atoms with E-state index >= 15 is 0 Å². The van der Waals surface area contributed by atoms with Crippen LogP contribution in [0, 0.1) is 5.92 Å². The number of hydrogen-bond donors (Lipinski definition) is 1. The van der Waals surface area contributed by atoms with Gasteiger partial charge in [0.15, 0.2) is 0 Å². The number of carbonyl (C=O) groups excluding carboxylic acids is 1. The van der Waals surface area contributed by atoms with Crippen molar-refractivity contribution in [3.8, 4) is 0 Å². The van der Waals surface area contributed by atoms with Crippen molar-refractivity contribution in [2.45, 2.75) is 0 Å². The van der Waals surface area contributed by atoms with Crippen LogP contribution >= 0.6 is 0 Å². The summed E-state index contributed by atoms with van der Waals surface area (Å²) in [7, 11) is 2.06. The number of amides is 1. The van der Waals surface area contributed by atoms with Gasteiger partial charge in [-0.2, -0.15) is 0 Å². The van der Waals surface area contributed by atoms with Gasteiger partial charge in [-0.1, -0.05) is 0 Å². The molecule has 11 heavy (non-hydrogen) atoms. The van der Waals surface area contributed by atoms with E-state index in [1.807, 2.05) is 0 Å². The Morgan fingerprint density at radius 1 is 1.73 bits per heavy atom. The van der Waals surface area contributed by atoms with Gasteiger partial charge >= 0.3 is 0 Å². The minimum absolute atomic E-state index is 0.0558. The van der Waals surface area contributed by atoms with Crippen molar-refractivity contribution < 1.29 is 9.53 Å². The molecule has 1 aliphatic heterocycles. The Kier molecular flexibility index (Phi) is 2.84. The standard InChI is InChI=1S/C7H14N2O2/c1-9-2-6(3-9)4-11-5-7(8)10/h6H,2-5H2,1H3,(H2,8,10). The molecular formula is C7H14N2O2. The van der Waals surface area contributed by atoms with Crippen LogP contribution in [-0.2, 0) is 9.53 Å². The summed E-state index contributed by atoms with van der Waals surface area (Å²) in [5.41, 5.74) is 4.89. The molecule has 1 aliphatic rings. The highest BCUT2D eigenvalue weighted by molar-refractivity contribution is 5.74. The maximum atomic E-state index is 10.2. The average molecular weight is 158 g/mol. The molecule has 0 aliphatic carbocycles. The molecule has 0 spiro atoms. The second-order valence-electron chi connectivity index (χ2n) is 3.07. The van der Waals surface area contributed by atoms with E-state index in [9.17, 15) is 4.79 Å². The highest BCUT2D eigenvalue weighted by atomic mass is 16.5. The van der Waals surface area contributed by atoms with Gasteiger partial charge < -0.3 is 15.4 Å². The lowest BCUT2D eigenvalue weighted by Gasteiger charge is -2.35. The second kappa shape index (κ2) is 3.69. The van der Waals surface area contributed by atoms with Crippen molar-refractivity contribution in [3.05, 3.63) is 0 Å². The van der Waals surface area contributed by atoms with Crippen LogP contribution in [0.5, 0.6) is 0 Å². The Bertz CT molecular complexity index is 143. The van der Waals surface area contributed by atoms with Crippen LogP contribution in [0.2, 0.25) is 0 Å². The summed E-state index contributed by atoms with van der Waals surface area (Å²) in [6.45, 7) is 2.85. The van der Waals surface area contributed by atoms with Gasteiger partial charge in [0.1, 0.15) is 6.61 Å². The number of nitrogens with zero attached hydrogens (tertiary/aromatic N) is 1. The van der Waals surface area contributed by atoms with E-state index in [1.165, 1.54) is 0 Å². The molecule has 4 nitrogen and oxygen atoms in total. The van der Waals surface area contributed by atoms with Gasteiger partial charge in [0, 0.05) is 19.0 Å². The SMILES string of the molecule is CN1CC(COCC(N)=O)C1. The number of likely N-dealkylation sites (tertiary alicyclic amines) is 1. The normalized spacial score (nSPS) is 19.7. The Morgan fingerprint density at radius 3 is 2.82 bits per heavy atom. The van der Waals surface area contributed by atoms with Gasteiger partial charge in [0.2, 0.25) is 5.91 Å². The van der Waals surface area contributed by atoms with Crippen LogP contribution in [0.3, 0.4) is 0 Å². The summed E-state index contributed by atoms with van der Waals surface area (Å²) >= 11 is 0. The fraction of sp³-hybridized carbons (Fsp3) is 0.857. The molecule has 64 valence electrons. The van der Waals surface area contributed by atoms with Gasteiger partial charge in [-0.25, -0.2) is 0 Å². The van der Waals surface area contributed by atoms with Crippen LogP contribution in [0.1, 0.15) is 0 Å². The van der Waals surface area contributed by atoms with Gasteiger partial charge in [0.25, 0.3) is 0 Å². The van der Waals surface area contributed by atoms with Crippen molar-refractivity contribution in [3.63, 3.8) is 0 Å². The fourth-order valence-electron chi connectivity index (χ4n) is 1.26. The lowest BCUT2D eigenvalue weighted by Crippen LogP contribution is -2.46. The summed E-state index contributed by atoms with van der Waals surface area (Å²) < 4.78 is 5.05. The van der Waals surface area contributed by atoms with Crippen LogP contribution < -0.4 is 5.73 Å². The molecule has 1 saturated heterocycles. The number of rotatable bonds is 4. The van der Waals surface area contributed by atoms with E-state index in [0.29, 0.717) is 12.5 Å². The number of primary amides is 1. The molecule has 0 atom stereocenters. The molecule has 0 aromatic rings. The second-order valence-corrected chi connectivity index (χ2v) is 3.07. The third-order valence-electron chi connectivity index (χ3n) is 1.74. The molecule has 2 N–H and O–H groups in total. The van der Waals surface area contributed by atoms with Crippen LogP contribution in [0.4, 0.5) is 0 Å². The van der Waals surface area contributed by atoms with Gasteiger partial charge in [0.05, 0.1) is 6.61 Å². The third kappa shape index (κ3) is 2.86. The summed E-state index contributed by atoms with van der Waals surface area (Å²) in [6.07, 6.45) is 0. The monoisotopic (exact) mass is 158 g/mol. The Hall–Kier alpha value is -0.610. The molecule has 1 rings (SSSR count). The molecule has 1 amide bonds. The zero-order chi connectivity index (χ0) is 8.27. The number of nitrogens with two attached hydrogens (primary N) is 1. The topological polar surface area (TPSA) is 55.6 Å². The molecule has 1 heterocycles. The molecular weight excluding hydrogens is 144 g/mol. The Balaban J connectivity index is 1.92. The van der Waals surface area contributed by atoms with Crippen LogP contribution in [0.15, 0.2) is 0 Å². The van der Waals surface area contributed by atoms with Gasteiger partial charge in [-0.3, -0.25) is 4.79 Å². The quantitative estimate of drug-likeness (QED) is 0.574. The van der Waals surface area contributed by atoms with E-state index in [2.05, 4.69) is 11.9 Å². The predicted octanol–water partition coefficient (Wildman–Crippen LogP) is -0.950. The third-order valence-corrected chi connectivity index (χ3v) is 1.74. The first-order valence-corrected chi connectivity index (χ1v) is 3.73. The number of carbonyl (C=O) groups is 1. The summed E-state index contributed by atoms with van der Waals surface area (Å²) in [4.78, 5) is 12.4. The molecule has 0 aromatic heterocycles. The van der Waals surface area contributed by atoms with Crippen LogP contribution in [-0.4, -0.2) is 44.2 Å². The fourth-order valence-corrected chi connectivity index (χ4v) is 1.26.